The van der Waals surface area contributed by atoms with E-state index in [0.29, 0.717) is 6.04 Å². The largest absolute Gasteiger partial charge is 0.316 e. The monoisotopic (exact) mass is 289 g/mol. The molecular formula is C16H23N3S. The summed E-state index contributed by atoms with van der Waals surface area (Å²) in [5.74, 6) is 0. The van der Waals surface area contributed by atoms with Crippen molar-refractivity contribution in [3.05, 3.63) is 46.2 Å². The number of pyridine rings is 1. The summed E-state index contributed by atoms with van der Waals surface area (Å²) in [4.78, 5) is 9.16. The Balaban J connectivity index is 2.01. The molecule has 2 heterocycles. The Kier molecular flexibility index (Phi) is 4.89. The molecule has 4 heteroatoms. The second-order valence-electron chi connectivity index (χ2n) is 6.09. The molecule has 0 aliphatic carbocycles. The van der Waals surface area contributed by atoms with E-state index in [1.165, 1.54) is 10.7 Å². The zero-order valence-corrected chi connectivity index (χ0v) is 13.5. The Labute approximate surface area is 125 Å². The minimum Gasteiger partial charge on any atom is -0.316 e. The van der Waals surface area contributed by atoms with Gasteiger partial charge in [-0.15, -0.1) is 11.3 Å². The van der Waals surface area contributed by atoms with Crippen molar-refractivity contribution in [2.75, 3.05) is 7.05 Å². The molecule has 0 aliphatic rings. The molecule has 0 aliphatic heterocycles. The summed E-state index contributed by atoms with van der Waals surface area (Å²) in [5.41, 5.74) is 2.44. The van der Waals surface area contributed by atoms with E-state index in [4.69, 9.17) is 4.98 Å². The van der Waals surface area contributed by atoms with Crippen molar-refractivity contribution in [3.63, 3.8) is 0 Å². The van der Waals surface area contributed by atoms with Crippen LogP contribution in [0.25, 0.3) is 0 Å². The summed E-state index contributed by atoms with van der Waals surface area (Å²) >= 11 is 1.76. The molecule has 0 bridgehead atoms. The van der Waals surface area contributed by atoms with Gasteiger partial charge in [0, 0.05) is 41.6 Å². The smallest absolute Gasteiger partial charge is 0.0944 e. The molecule has 0 spiro atoms. The third-order valence-electron chi connectivity index (χ3n) is 3.33. The summed E-state index contributed by atoms with van der Waals surface area (Å²) in [7, 11) is 2.01. The van der Waals surface area contributed by atoms with Crippen molar-refractivity contribution in [2.45, 2.75) is 45.1 Å². The van der Waals surface area contributed by atoms with E-state index in [-0.39, 0.29) is 5.41 Å². The maximum Gasteiger partial charge on any atom is 0.0944 e. The van der Waals surface area contributed by atoms with Gasteiger partial charge in [0.1, 0.15) is 0 Å². The lowest BCUT2D eigenvalue weighted by molar-refractivity contribution is 0.540. The Morgan fingerprint density at radius 2 is 2.05 bits per heavy atom. The normalized spacial score (nSPS) is 13.4. The maximum absolute atomic E-state index is 4.77. The third-order valence-corrected chi connectivity index (χ3v) is 4.20. The van der Waals surface area contributed by atoms with Crippen molar-refractivity contribution in [3.8, 4) is 0 Å². The molecule has 1 atom stereocenters. The minimum atomic E-state index is 0.130. The summed E-state index contributed by atoms with van der Waals surface area (Å²) < 4.78 is 0. The first-order valence-corrected chi connectivity index (χ1v) is 7.89. The van der Waals surface area contributed by atoms with E-state index >= 15 is 0 Å². The number of hydrogen-bond acceptors (Lipinski definition) is 4. The zero-order chi connectivity index (χ0) is 14.6. The van der Waals surface area contributed by atoms with Gasteiger partial charge in [-0.25, -0.2) is 4.98 Å². The van der Waals surface area contributed by atoms with Crippen molar-refractivity contribution < 1.29 is 0 Å². The molecule has 0 saturated carbocycles. The lowest BCUT2D eigenvalue weighted by Gasteiger charge is -2.16. The van der Waals surface area contributed by atoms with Gasteiger partial charge in [0.2, 0.25) is 0 Å². The fourth-order valence-corrected chi connectivity index (χ4v) is 3.11. The molecule has 108 valence electrons. The highest BCUT2D eigenvalue weighted by Crippen LogP contribution is 2.24. The lowest BCUT2D eigenvalue weighted by Crippen LogP contribution is -2.30. The molecule has 1 unspecified atom stereocenters. The van der Waals surface area contributed by atoms with Crippen molar-refractivity contribution in [2.24, 2.45) is 0 Å². The van der Waals surface area contributed by atoms with Crippen molar-refractivity contribution >= 4 is 11.3 Å². The molecule has 2 aromatic rings. The van der Waals surface area contributed by atoms with E-state index < -0.39 is 0 Å². The number of aromatic nitrogens is 2. The second kappa shape index (κ2) is 6.46. The molecule has 0 radical (unpaired) electrons. The second-order valence-corrected chi connectivity index (χ2v) is 7.03. The third kappa shape index (κ3) is 4.12. The molecule has 0 fully saturated rings. The van der Waals surface area contributed by atoms with Gasteiger partial charge in [-0.3, -0.25) is 4.98 Å². The molecule has 2 rings (SSSR count). The van der Waals surface area contributed by atoms with E-state index in [2.05, 4.69) is 42.5 Å². The average Bonchev–Trinajstić information content (AvgIpc) is 2.87. The molecule has 1 N–H and O–H groups in total. The van der Waals surface area contributed by atoms with Crippen LogP contribution in [0.15, 0.2) is 29.8 Å². The SMILES string of the molecule is CNC(Cc1ccccn1)Cc1nc(C(C)(C)C)cs1. The minimum absolute atomic E-state index is 0.130. The van der Waals surface area contributed by atoms with Crippen LogP contribution in [-0.2, 0) is 18.3 Å². The van der Waals surface area contributed by atoms with Gasteiger partial charge in [0.25, 0.3) is 0 Å². The topological polar surface area (TPSA) is 37.8 Å². The van der Waals surface area contributed by atoms with Crippen LogP contribution in [0.2, 0.25) is 0 Å². The van der Waals surface area contributed by atoms with E-state index in [1.54, 1.807) is 11.3 Å². The number of nitrogens with zero attached hydrogens (tertiary/aromatic N) is 2. The molecule has 0 saturated heterocycles. The van der Waals surface area contributed by atoms with Gasteiger partial charge in [-0.2, -0.15) is 0 Å². The molecule has 2 aromatic heterocycles. The Hall–Kier alpha value is -1.26. The molecule has 0 aromatic carbocycles. The fourth-order valence-electron chi connectivity index (χ4n) is 2.01. The summed E-state index contributed by atoms with van der Waals surface area (Å²) in [6.07, 6.45) is 3.73. The van der Waals surface area contributed by atoms with Crippen LogP contribution in [-0.4, -0.2) is 23.1 Å². The summed E-state index contributed by atoms with van der Waals surface area (Å²) in [5, 5.41) is 6.76. The van der Waals surface area contributed by atoms with Gasteiger partial charge in [0.15, 0.2) is 0 Å². The summed E-state index contributed by atoms with van der Waals surface area (Å²) in [6.45, 7) is 6.61. The molecular weight excluding hydrogens is 266 g/mol. The number of likely N-dealkylation sites (N-methyl/N-ethyl adjacent to an activating group) is 1. The fraction of sp³-hybridized carbons (Fsp3) is 0.500. The average molecular weight is 289 g/mol. The van der Waals surface area contributed by atoms with Gasteiger partial charge in [-0.05, 0) is 19.2 Å². The van der Waals surface area contributed by atoms with Gasteiger partial charge < -0.3 is 5.32 Å². The quantitative estimate of drug-likeness (QED) is 0.918. The zero-order valence-electron chi connectivity index (χ0n) is 12.7. The highest BCUT2D eigenvalue weighted by atomic mass is 32.1. The van der Waals surface area contributed by atoms with E-state index in [9.17, 15) is 0 Å². The van der Waals surface area contributed by atoms with Crippen LogP contribution >= 0.6 is 11.3 Å². The van der Waals surface area contributed by atoms with Crippen molar-refractivity contribution in [1.29, 1.82) is 0 Å². The van der Waals surface area contributed by atoms with Gasteiger partial charge in [-0.1, -0.05) is 26.8 Å². The van der Waals surface area contributed by atoms with Crippen LogP contribution in [0.4, 0.5) is 0 Å². The predicted molar refractivity (Wildman–Crippen MR) is 85.3 cm³/mol. The number of thiazole rings is 1. The summed E-state index contributed by atoms with van der Waals surface area (Å²) in [6, 6.07) is 6.45. The van der Waals surface area contributed by atoms with Crippen LogP contribution in [0.1, 0.15) is 37.2 Å². The lowest BCUT2D eigenvalue weighted by atomic mass is 9.93. The molecule has 3 nitrogen and oxygen atoms in total. The van der Waals surface area contributed by atoms with Crippen LogP contribution in [0, 0.1) is 0 Å². The highest BCUT2D eigenvalue weighted by molar-refractivity contribution is 7.09. The van der Waals surface area contributed by atoms with Crippen LogP contribution in [0.3, 0.4) is 0 Å². The first-order valence-electron chi connectivity index (χ1n) is 7.01. The van der Waals surface area contributed by atoms with Crippen molar-refractivity contribution in [1.82, 2.24) is 15.3 Å². The number of nitrogens with one attached hydrogen (secondary N) is 1. The standard InChI is InChI=1S/C16H23N3S/c1-16(2,3)14-11-20-15(19-14)10-13(17-4)9-12-7-5-6-8-18-12/h5-8,11,13,17H,9-10H2,1-4H3. The number of hydrogen-bond donors (Lipinski definition) is 1. The van der Waals surface area contributed by atoms with E-state index in [0.717, 1.165) is 18.5 Å². The number of rotatable bonds is 5. The van der Waals surface area contributed by atoms with E-state index in [1.807, 2.05) is 25.4 Å². The Morgan fingerprint density at radius 3 is 2.60 bits per heavy atom. The maximum atomic E-state index is 4.77. The Morgan fingerprint density at radius 1 is 1.25 bits per heavy atom. The first kappa shape index (κ1) is 15.1. The highest BCUT2D eigenvalue weighted by Gasteiger charge is 2.18. The Bertz CT molecular complexity index is 528. The molecule has 0 amide bonds. The molecule has 20 heavy (non-hydrogen) atoms. The van der Waals surface area contributed by atoms with Gasteiger partial charge >= 0.3 is 0 Å². The van der Waals surface area contributed by atoms with Crippen LogP contribution < -0.4 is 5.32 Å². The predicted octanol–water partition coefficient (Wildman–Crippen LogP) is 3.21. The van der Waals surface area contributed by atoms with Crippen LogP contribution in [0.5, 0.6) is 0 Å². The first-order chi connectivity index (χ1) is 9.49. The van der Waals surface area contributed by atoms with Gasteiger partial charge in [0.05, 0.1) is 10.7 Å².